The van der Waals surface area contributed by atoms with Gasteiger partial charge in [0.1, 0.15) is 11.4 Å². The molecule has 0 aliphatic heterocycles. The lowest BCUT2D eigenvalue weighted by molar-refractivity contribution is 0.0635. The van der Waals surface area contributed by atoms with E-state index < -0.39 is 29.1 Å². The van der Waals surface area contributed by atoms with E-state index in [-0.39, 0.29) is 5.69 Å². The molecule has 0 spiro atoms. The molecule has 0 heterocycles. The predicted octanol–water partition coefficient (Wildman–Crippen LogP) is 3.02. The fraction of sp³-hybridized carbons (Fsp3) is 0.364. The first-order chi connectivity index (χ1) is 7.69. The number of carbonyl (C=O) groups is 1. The van der Waals surface area contributed by atoms with Crippen LogP contribution in [0.2, 0.25) is 0 Å². The van der Waals surface area contributed by atoms with Gasteiger partial charge >= 0.3 is 6.09 Å². The summed E-state index contributed by atoms with van der Waals surface area (Å²) in [5, 5.41) is 11.3. The fourth-order valence-corrected chi connectivity index (χ4v) is 1.07. The molecule has 0 radical (unpaired) electrons. The lowest BCUT2D eigenvalue weighted by Gasteiger charge is -2.19. The van der Waals surface area contributed by atoms with Crippen molar-refractivity contribution < 1.29 is 23.4 Å². The molecule has 94 valence electrons. The number of nitrogens with one attached hydrogen (secondary N) is 1. The molecule has 0 bridgehead atoms. The van der Waals surface area contributed by atoms with Gasteiger partial charge in [-0.25, -0.2) is 13.6 Å². The van der Waals surface area contributed by atoms with Gasteiger partial charge in [-0.3, -0.25) is 5.32 Å². The molecule has 1 aromatic carbocycles. The molecule has 4 nitrogen and oxygen atoms in total. The summed E-state index contributed by atoms with van der Waals surface area (Å²) in [7, 11) is 0. The SMILES string of the molecule is CC(C)(C)OC(=O)Nc1cc(F)cc(F)c1O. The first-order valence-electron chi connectivity index (χ1n) is 4.87. The summed E-state index contributed by atoms with van der Waals surface area (Å²) in [6.07, 6.45) is -0.905. The molecule has 0 aromatic heterocycles. The molecule has 0 atom stereocenters. The number of phenols is 1. The van der Waals surface area contributed by atoms with Crippen LogP contribution in [0.25, 0.3) is 0 Å². The van der Waals surface area contributed by atoms with Crippen LogP contribution >= 0.6 is 0 Å². The van der Waals surface area contributed by atoms with Crippen molar-refractivity contribution in [1.82, 2.24) is 0 Å². The van der Waals surface area contributed by atoms with Crippen molar-refractivity contribution >= 4 is 11.8 Å². The van der Waals surface area contributed by atoms with Crippen molar-refractivity contribution in [3.63, 3.8) is 0 Å². The molecule has 17 heavy (non-hydrogen) atoms. The maximum Gasteiger partial charge on any atom is 0.412 e. The summed E-state index contributed by atoms with van der Waals surface area (Å²) >= 11 is 0. The number of rotatable bonds is 1. The standard InChI is InChI=1S/C11H13F2NO3/c1-11(2,3)17-10(16)14-8-5-6(12)4-7(13)9(8)15/h4-5,15H,1-3H3,(H,14,16). The average molecular weight is 245 g/mol. The van der Waals surface area contributed by atoms with Crippen LogP contribution in [-0.4, -0.2) is 16.8 Å². The maximum atomic E-state index is 12.9. The summed E-state index contributed by atoms with van der Waals surface area (Å²) in [5.74, 6) is -2.90. The maximum absolute atomic E-state index is 12.9. The van der Waals surface area contributed by atoms with Gasteiger partial charge in [-0.15, -0.1) is 0 Å². The summed E-state index contributed by atoms with van der Waals surface area (Å²) in [5.41, 5.74) is -1.12. The number of aromatic hydroxyl groups is 1. The third kappa shape index (κ3) is 3.90. The third-order valence-corrected chi connectivity index (χ3v) is 1.66. The van der Waals surface area contributed by atoms with Gasteiger partial charge in [-0.2, -0.15) is 0 Å². The van der Waals surface area contributed by atoms with Crippen LogP contribution in [-0.2, 0) is 4.74 Å². The number of benzene rings is 1. The van der Waals surface area contributed by atoms with Gasteiger partial charge in [0.15, 0.2) is 11.6 Å². The van der Waals surface area contributed by atoms with Crippen LogP contribution in [0.4, 0.5) is 19.3 Å². The second-order valence-electron chi connectivity index (χ2n) is 4.41. The Bertz CT molecular complexity index is 441. The highest BCUT2D eigenvalue weighted by molar-refractivity contribution is 5.86. The fourth-order valence-electron chi connectivity index (χ4n) is 1.07. The van der Waals surface area contributed by atoms with Crippen LogP contribution in [0.15, 0.2) is 12.1 Å². The lowest BCUT2D eigenvalue weighted by atomic mass is 10.2. The van der Waals surface area contributed by atoms with E-state index in [1.807, 2.05) is 0 Å². The zero-order valence-electron chi connectivity index (χ0n) is 9.67. The first kappa shape index (κ1) is 13.2. The minimum atomic E-state index is -1.16. The van der Waals surface area contributed by atoms with Crippen molar-refractivity contribution in [2.75, 3.05) is 5.32 Å². The number of anilines is 1. The van der Waals surface area contributed by atoms with Crippen molar-refractivity contribution in [3.05, 3.63) is 23.8 Å². The van der Waals surface area contributed by atoms with E-state index in [0.29, 0.717) is 6.07 Å². The van der Waals surface area contributed by atoms with E-state index in [1.165, 1.54) is 0 Å². The molecule has 0 unspecified atom stereocenters. The number of halogens is 2. The highest BCUT2D eigenvalue weighted by Crippen LogP contribution is 2.28. The van der Waals surface area contributed by atoms with Gasteiger partial charge in [-0.1, -0.05) is 0 Å². The summed E-state index contributed by atoms with van der Waals surface area (Å²) in [6.45, 7) is 4.91. The zero-order chi connectivity index (χ0) is 13.2. The Morgan fingerprint density at radius 3 is 2.47 bits per heavy atom. The van der Waals surface area contributed by atoms with Crippen molar-refractivity contribution in [2.45, 2.75) is 26.4 Å². The highest BCUT2D eigenvalue weighted by atomic mass is 19.1. The molecule has 0 saturated carbocycles. The summed E-state index contributed by atoms with van der Waals surface area (Å²) in [4.78, 5) is 11.3. The normalized spacial score (nSPS) is 11.1. The van der Waals surface area contributed by atoms with Crippen LogP contribution in [0.1, 0.15) is 20.8 Å². The summed E-state index contributed by atoms with van der Waals surface area (Å²) in [6, 6.07) is 1.30. The van der Waals surface area contributed by atoms with Gasteiger partial charge < -0.3 is 9.84 Å². The molecule has 6 heteroatoms. The van der Waals surface area contributed by atoms with Crippen molar-refractivity contribution in [1.29, 1.82) is 0 Å². The van der Waals surface area contributed by atoms with Crippen LogP contribution in [0, 0.1) is 11.6 Å². The Morgan fingerprint density at radius 2 is 1.94 bits per heavy atom. The molecular formula is C11H13F2NO3. The Kier molecular flexibility index (Phi) is 3.55. The van der Waals surface area contributed by atoms with E-state index in [2.05, 4.69) is 5.32 Å². The van der Waals surface area contributed by atoms with Gasteiger partial charge in [0.25, 0.3) is 0 Å². The second-order valence-corrected chi connectivity index (χ2v) is 4.41. The Morgan fingerprint density at radius 1 is 1.35 bits per heavy atom. The molecule has 0 aliphatic rings. The number of carbonyl (C=O) groups excluding carboxylic acids is 1. The van der Waals surface area contributed by atoms with Crippen molar-refractivity contribution in [3.8, 4) is 5.75 Å². The molecule has 1 rings (SSSR count). The largest absolute Gasteiger partial charge is 0.503 e. The van der Waals surface area contributed by atoms with E-state index >= 15 is 0 Å². The molecule has 0 aliphatic carbocycles. The molecule has 1 aromatic rings. The monoisotopic (exact) mass is 245 g/mol. The number of phenolic OH excluding ortho intramolecular Hbond substituents is 1. The minimum absolute atomic E-state index is 0.378. The minimum Gasteiger partial charge on any atom is -0.503 e. The predicted molar refractivity (Wildman–Crippen MR) is 57.9 cm³/mol. The Balaban J connectivity index is 2.85. The van der Waals surface area contributed by atoms with Gasteiger partial charge in [-0.05, 0) is 20.8 Å². The Hall–Kier alpha value is -1.85. The smallest absolute Gasteiger partial charge is 0.412 e. The van der Waals surface area contributed by atoms with Gasteiger partial charge in [0.2, 0.25) is 0 Å². The van der Waals surface area contributed by atoms with Crippen LogP contribution < -0.4 is 5.32 Å². The lowest BCUT2D eigenvalue weighted by Crippen LogP contribution is -2.27. The molecule has 1 amide bonds. The van der Waals surface area contributed by atoms with E-state index in [9.17, 15) is 18.7 Å². The van der Waals surface area contributed by atoms with Crippen molar-refractivity contribution in [2.24, 2.45) is 0 Å². The molecular weight excluding hydrogens is 232 g/mol. The number of hydrogen-bond acceptors (Lipinski definition) is 3. The molecule has 2 N–H and O–H groups in total. The van der Waals surface area contributed by atoms with Gasteiger partial charge in [0, 0.05) is 12.1 Å². The number of hydrogen-bond donors (Lipinski definition) is 2. The Labute approximate surface area is 97.2 Å². The van der Waals surface area contributed by atoms with E-state index in [0.717, 1.165) is 6.07 Å². The van der Waals surface area contributed by atoms with Gasteiger partial charge in [0.05, 0.1) is 5.69 Å². The van der Waals surface area contributed by atoms with E-state index in [4.69, 9.17) is 4.74 Å². The second kappa shape index (κ2) is 4.57. The number of ether oxygens (including phenoxy) is 1. The quantitative estimate of drug-likeness (QED) is 0.748. The average Bonchev–Trinajstić information content (AvgIpc) is 2.10. The zero-order valence-corrected chi connectivity index (χ0v) is 9.67. The van der Waals surface area contributed by atoms with E-state index in [1.54, 1.807) is 20.8 Å². The van der Waals surface area contributed by atoms with Crippen LogP contribution in [0.3, 0.4) is 0 Å². The number of amides is 1. The van der Waals surface area contributed by atoms with Crippen LogP contribution in [0.5, 0.6) is 5.75 Å². The molecule has 0 saturated heterocycles. The summed E-state index contributed by atoms with van der Waals surface area (Å²) < 4.78 is 30.7. The topological polar surface area (TPSA) is 58.6 Å². The molecule has 0 fully saturated rings. The first-order valence-corrected chi connectivity index (χ1v) is 4.87. The third-order valence-electron chi connectivity index (χ3n) is 1.66. The highest BCUT2D eigenvalue weighted by Gasteiger charge is 2.18.